The highest BCUT2D eigenvalue weighted by Gasteiger charge is 2.26. The molecule has 1 saturated heterocycles. The number of hydrogen-bond acceptors (Lipinski definition) is 8. The van der Waals surface area contributed by atoms with Crippen molar-refractivity contribution in [2.24, 2.45) is 0 Å². The number of benzene rings is 1. The van der Waals surface area contributed by atoms with Gasteiger partial charge < -0.3 is 0 Å². The lowest BCUT2D eigenvalue weighted by atomic mass is 10.1. The van der Waals surface area contributed by atoms with Crippen molar-refractivity contribution in [2.45, 2.75) is 23.9 Å². The van der Waals surface area contributed by atoms with Gasteiger partial charge in [-0.15, -0.1) is 0 Å². The van der Waals surface area contributed by atoms with E-state index in [9.17, 15) is 19.7 Å². The third kappa shape index (κ3) is 4.38. The van der Waals surface area contributed by atoms with Crippen LogP contribution in [0, 0.1) is 24.0 Å². The Morgan fingerprint density at radius 2 is 1.71 bits per heavy atom. The minimum atomic E-state index is -0.668. The maximum Gasteiger partial charge on any atom is 0.283 e. The second-order valence-electron chi connectivity index (χ2n) is 5.82. The summed E-state index contributed by atoms with van der Waals surface area (Å²) in [5, 5.41) is 16.4. The van der Waals surface area contributed by atoms with Crippen molar-refractivity contribution in [3.05, 3.63) is 56.9 Å². The number of carbonyl (C=O) groups is 2. The lowest BCUT2D eigenvalue weighted by Gasteiger charge is -2.16. The summed E-state index contributed by atoms with van der Waals surface area (Å²) in [5.74, 6) is -1.34. The van der Waals surface area contributed by atoms with Crippen molar-refractivity contribution in [2.75, 3.05) is 0 Å². The smallest absolute Gasteiger partial charge is 0.283 e. The van der Waals surface area contributed by atoms with Crippen molar-refractivity contribution in [1.82, 2.24) is 20.6 Å². The van der Waals surface area contributed by atoms with E-state index in [2.05, 4.69) is 20.6 Å². The van der Waals surface area contributed by atoms with Gasteiger partial charge in [0.05, 0.1) is 9.82 Å². The number of hydrogen-bond donors (Lipinski definition) is 2. The number of rotatable bonds is 4. The molecule has 11 heteroatoms. The maximum atomic E-state index is 11.9. The summed E-state index contributed by atoms with van der Waals surface area (Å²) in [6.45, 7) is 3.63. The molecular formula is C17H13N5O4S2. The van der Waals surface area contributed by atoms with E-state index in [4.69, 9.17) is 12.2 Å². The minimum Gasteiger partial charge on any atom is -0.299 e. The molecule has 1 aliphatic heterocycles. The number of nitro groups is 1. The van der Waals surface area contributed by atoms with Crippen LogP contribution in [0.3, 0.4) is 0 Å². The summed E-state index contributed by atoms with van der Waals surface area (Å²) in [7, 11) is 0. The Balaban J connectivity index is 1.96. The molecule has 0 radical (unpaired) electrons. The zero-order valence-corrected chi connectivity index (χ0v) is 16.3. The second-order valence-corrected chi connectivity index (χ2v) is 7.23. The van der Waals surface area contributed by atoms with Gasteiger partial charge in [-0.3, -0.25) is 30.3 Å². The highest BCUT2D eigenvalue weighted by molar-refractivity contribution is 7.99. The SMILES string of the molecule is Cc1cc(C)nc(Sc2ccc(C=C3C(=O)NC(=S)NC3=O)cc2[N+](=O)[O-])n1. The number of amides is 2. The molecule has 0 bridgehead atoms. The van der Waals surface area contributed by atoms with Gasteiger partial charge in [-0.1, -0.05) is 6.07 Å². The van der Waals surface area contributed by atoms with Crippen molar-refractivity contribution < 1.29 is 14.5 Å². The fourth-order valence-electron chi connectivity index (χ4n) is 2.46. The van der Waals surface area contributed by atoms with Crippen molar-refractivity contribution in [3.63, 3.8) is 0 Å². The number of carbonyl (C=O) groups excluding carboxylic acids is 2. The van der Waals surface area contributed by atoms with E-state index in [0.29, 0.717) is 15.6 Å². The van der Waals surface area contributed by atoms with E-state index in [1.54, 1.807) is 12.1 Å². The van der Waals surface area contributed by atoms with Gasteiger partial charge in [-0.05, 0) is 61.6 Å². The van der Waals surface area contributed by atoms with Crippen molar-refractivity contribution in [1.29, 1.82) is 0 Å². The van der Waals surface area contributed by atoms with Crippen LogP contribution in [0.5, 0.6) is 0 Å². The second kappa shape index (κ2) is 7.82. The van der Waals surface area contributed by atoms with E-state index in [1.165, 1.54) is 18.2 Å². The highest BCUT2D eigenvalue weighted by Crippen LogP contribution is 2.34. The first-order chi connectivity index (χ1) is 13.2. The molecule has 2 heterocycles. The Hall–Kier alpha value is -3.18. The summed E-state index contributed by atoms with van der Waals surface area (Å²) in [5.41, 5.74) is 1.46. The molecule has 28 heavy (non-hydrogen) atoms. The third-order valence-electron chi connectivity index (χ3n) is 3.60. The van der Waals surface area contributed by atoms with E-state index in [0.717, 1.165) is 23.1 Å². The molecule has 0 saturated carbocycles. The largest absolute Gasteiger partial charge is 0.299 e. The molecule has 0 spiro atoms. The van der Waals surface area contributed by atoms with Crippen LogP contribution in [0.2, 0.25) is 0 Å². The van der Waals surface area contributed by atoms with Gasteiger partial charge in [0.15, 0.2) is 10.3 Å². The van der Waals surface area contributed by atoms with Gasteiger partial charge >= 0.3 is 0 Å². The molecule has 142 valence electrons. The van der Waals surface area contributed by atoms with E-state index in [1.807, 2.05) is 13.8 Å². The van der Waals surface area contributed by atoms with Crippen LogP contribution >= 0.6 is 24.0 Å². The summed E-state index contributed by atoms with van der Waals surface area (Å²) >= 11 is 5.80. The standard InChI is InChI=1S/C17H13N5O4S2/c1-8-5-9(2)19-17(18-8)28-13-4-3-10(7-12(13)22(25)26)6-11-14(23)20-16(27)21-15(11)24/h3-7H,1-2H3,(H2,20,21,23,24,27). The normalized spacial score (nSPS) is 13.8. The Kier molecular flexibility index (Phi) is 5.47. The average molecular weight is 415 g/mol. The molecule has 3 rings (SSSR count). The van der Waals surface area contributed by atoms with E-state index >= 15 is 0 Å². The topological polar surface area (TPSA) is 127 Å². The predicted octanol–water partition coefficient (Wildman–Crippen LogP) is 2.07. The van der Waals surface area contributed by atoms with Crippen LogP contribution < -0.4 is 10.6 Å². The first kappa shape index (κ1) is 19.6. The maximum absolute atomic E-state index is 11.9. The van der Waals surface area contributed by atoms with Crippen molar-refractivity contribution in [3.8, 4) is 0 Å². The number of nitrogens with one attached hydrogen (secondary N) is 2. The molecule has 1 aromatic heterocycles. The van der Waals surface area contributed by atoms with Gasteiger partial charge in [0.25, 0.3) is 17.5 Å². The van der Waals surface area contributed by atoms with Crippen molar-refractivity contribution >= 4 is 52.7 Å². The van der Waals surface area contributed by atoms with Crippen LogP contribution in [0.4, 0.5) is 5.69 Å². The number of thiocarbonyl (C=S) groups is 1. The van der Waals surface area contributed by atoms with Crippen LogP contribution in [0.25, 0.3) is 6.08 Å². The van der Waals surface area contributed by atoms with Gasteiger partial charge in [0.1, 0.15) is 5.57 Å². The summed E-state index contributed by atoms with van der Waals surface area (Å²) in [4.78, 5) is 43.7. The Bertz CT molecular complexity index is 1030. The monoisotopic (exact) mass is 415 g/mol. The Morgan fingerprint density at radius 1 is 1.11 bits per heavy atom. The van der Waals surface area contributed by atoms with E-state index in [-0.39, 0.29) is 16.4 Å². The highest BCUT2D eigenvalue weighted by atomic mass is 32.2. The van der Waals surface area contributed by atoms with Crippen LogP contribution in [0.1, 0.15) is 17.0 Å². The fraction of sp³-hybridized carbons (Fsp3) is 0.118. The van der Waals surface area contributed by atoms with E-state index < -0.39 is 16.7 Å². The molecular weight excluding hydrogens is 402 g/mol. The minimum absolute atomic E-state index is 0.0849. The lowest BCUT2D eigenvalue weighted by Crippen LogP contribution is -2.51. The molecule has 1 aromatic carbocycles. The number of nitro benzene ring substituents is 1. The number of nitrogens with zero attached hydrogens (tertiary/aromatic N) is 3. The number of aromatic nitrogens is 2. The van der Waals surface area contributed by atoms with Crippen LogP contribution in [-0.4, -0.2) is 31.8 Å². The fourth-order valence-corrected chi connectivity index (χ4v) is 3.60. The quantitative estimate of drug-likeness (QED) is 0.194. The van der Waals surface area contributed by atoms with Crippen LogP contribution in [0.15, 0.2) is 39.9 Å². The molecule has 2 amide bonds. The molecule has 0 atom stereocenters. The molecule has 9 nitrogen and oxygen atoms in total. The van der Waals surface area contributed by atoms with Crippen LogP contribution in [-0.2, 0) is 9.59 Å². The zero-order chi connectivity index (χ0) is 20.4. The Labute approximate surface area is 168 Å². The molecule has 0 aliphatic carbocycles. The first-order valence-electron chi connectivity index (χ1n) is 7.90. The molecule has 2 aromatic rings. The summed E-state index contributed by atoms with van der Waals surface area (Å²) in [6.07, 6.45) is 1.27. The molecule has 0 unspecified atom stereocenters. The van der Waals surface area contributed by atoms with Gasteiger partial charge in [-0.2, -0.15) is 0 Å². The molecule has 1 aliphatic rings. The third-order valence-corrected chi connectivity index (χ3v) is 4.73. The lowest BCUT2D eigenvalue weighted by molar-refractivity contribution is -0.387. The zero-order valence-electron chi connectivity index (χ0n) is 14.7. The summed E-state index contributed by atoms with van der Waals surface area (Å²) in [6, 6.07) is 6.18. The number of aryl methyl sites for hydroxylation is 2. The first-order valence-corrected chi connectivity index (χ1v) is 9.12. The predicted molar refractivity (Wildman–Crippen MR) is 106 cm³/mol. The summed E-state index contributed by atoms with van der Waals surface area (Å²) < 4.78 is 0. The average Bonchev–Trinajstić information content (AvgIpc) is 2.58. The van der Waals surface area contributed by atoms with Gasteiger partial charge in [0, 0.05) is 17.5 Å². The van der Waals surface area contributed by atoms with Gasteiger partial charge in [-0.25, -0.2) is 9.97 Å². The molecule has 2 N–H and O–H groups in total. The molecule has 1 fully saturated rings. The Morgan fingerprint density at radius 3 is 2.29 bits per heavy atom. The van der Waals surface area contributed by atoms with Gasteiger partial charge in [0.2, 0.25) is 0 Å².